The van der Waals surface area contributed by atoms with Gasteiger partial charge in [0.05, 0.1) is 35.2 Å². The van der Waals surface area contributed by atoms with Gasteiger partial charge in [0, 0.05) is 80.9 Å². The lowest BCUT2D eigenvalue weighted by Crippen LogP contribution is -2.36. The summed E-state index contributed by atoms with van der Waals surface area (Å²) in [4.78, 5) is 76.6. The van der Waals surface area contributed by atoms with Gasteiger partial charge in [0.2, 0.25) is 23.5 Å². The predicted molar refractivity (Wildman–Crippen MR) is 302 cm³/mol. The molecule has 2 atom stereocenters. The summed E-state index contributed by atoms with van der Waals surface area (Å²) in [5.74, 6) is 1.84. The van der Waals surface area contributed by atoms with E-state index >= 15 is 0 Å². The molecule has 2 aliphatic rings. The van der Waals surface area contributed by atoms with E-state index in [4.69, 9.17) is 13.6 Å². The third-order valence-electron chi connectivity index (χ3n) is 13.4. The predicted octanol–water partition coefficient (Wildman–Crippen LogP) is 10.4. The molecule has 3 N–H and O–H groups in total. The van der Waals surface area contributed by atoms with Crippen LogP contribution in [0.3, 0.4) is 0 Å². The SMILES string of the molecule is Cl.Cn1cc(Nc2ncnc(-c3ccc4c(c3)CN(C(=O)OC(C)(C)C)CC[C@H]4CC(=O)c3nc(C(C)(C)C)co3)n2)cn1.Cn1cc(Nc2ncnc(-c3ccc4c(c3)CNCC[C@H]4CC(=O)c3nc(C(C)(C)C)co3)n2)cn1. The topological polar surface area (TPSA) is 265 Å². The third-order valence-corrected chi connectivity index (χ3v) is 13.4. The lowest BCUT2D eigenvalue weighted by atomic mass is 9.87. The molecule has 2 aliphatic heterocycles. The number of fused-ring (bicyclic) bond motifs is 2. The van der Waals surface area contributed by atoms with Gasteiger partial charge in [-0.3, -0.25) is 19.0 Å². The molecule has 0 saturated carbocycles. The Morgan fingerprint density at radius 3 is 1.61 bits per heavy atom. The Hall–Kier alpha value is -8.24. The van der Waals surface area contributed by atoms with Crippen LogP contribution in [0.1, 0.15) is 155 Å². The molecule has 0 aliphatic carbocycles. The van der Waals surface area contributed by atoms with Crippen molar-refractivity contribution in [3.8, 4) is 22.8 Å². The van der Waals surface area contributed by atoms with Crippen LogP contribution in [-0.2, 0) is 42.8 Å². The van der Waals surface area contributed by atoms with Crippen molar-refractivity contribution in [3.63, 3.8) is 0 Å². The molecule has 8 heterocycles. The van der Waals surface area contributed by atoms with E-state index in [1.165, 1.54) is 12.7 Å². The maximum Gasteiger partial charge on any atom is 0.410 e. The van der Waals surface area contributed by atoms with Crippen molar-refractivity contribution in [2.75, 3.05) is 23.7 Å². The van der Waals surface area contributed by atoms with Crippen LogP contribution in [0.2, 0.25) is 0 Å². The number of oxazole rings is 2. The molecule has 420 valence electrons. The zero-order valence-corrected chi connectivity index (χ0v) is 47.9. The number of nitrogens with zero attached hydrogens (tertiary/aromatic N) is 13. The minimum absolute atomic E-state index is 0. The summed E-state index contributed by atoms with van der Waals surface area (Å²) in [7, 11) is 3.68. The zero-order chi connectivity index (χ0) is 56.2. The van der Waals surface area contributed by atoms with E-state index < -0.39 is 11.7 Å². The molecule has 0 unspecified atom stereocenters. The molecule has 2 aromatic carbocycles. The Morgan fingerprint density at radius 2 is 1.15 bits per heavy atom. The average molecular weight is 1110 g/mol. The van der Waals surface area contributed by atoms with Crippen molar-refractivity contribution in [1.29, 1.82) is 0 Å². The minimum atomic E-state index is -0.637. The summed E-state index contributed by atoms with van der Waals surface area (Å²) >= 11 is 0. The number of aromatic nitrogens is 12. The number of rotatable bonds is 12. The molecule has 23 heteroatoms. The Morgan fingerprint density at radius 1 is 0.662 bits per heavy atom. The number of Topliss-reactive ketones (excluding diaryl/α,β-unsaturated/α-hetero) is 2. The maximum absolute atomic E-state index is 13.4. The van der Waals surface area contributed by atoms with Gasteiger partial charge in [0.25, 0.3) is 11.8 Å². The van der Waals surface area contributed by atoms with Crippen LogP contribution >= 0.6 is 12.4 Å². The number of carbonyl (C=O) groups excluding carboxylic acids is 3. The molecule has 10 rings (SSSR count). The largest absolute Gasteiger partial charge is 0.444 e. The second-order valence-corrected chi connectivity index (χ2v) is 23.0. The highest BCUT2D eigenvalue weighted by Crippen LogP contribution is 2.37. The number of nitrogens with one attached hydrogen (secondary N) is 3. The molecule has 1 amide bonds. The van der Waals surface area contributed by atoms with Crippen LogP contribution in [-0.4, -0.2) is 101 Å². The molecule has 6 aromatic heterocycles. The van der Waals surface area contributed by atoms with Gasteiger partial charge in [-0.2, -0.15) is 20.2 Å². The van der Waals surface area contributed by atoms with E-state index in [2.05, 4.69) is 78.2 Å². The zero-order valence-electron chi connectivity index (χ0n) is 47.1. The van der Waals surface area contributed by atoms with Crippen molar-refractivity contribution in [3.05, 3.63) is 132 Å². The first-order chi connectivity index (χ1) is 37.5. The van der Waals surface area contributed by atoms with Gasteiger partial charge in [0.15, 0.2) is 11.6 Å². The normalized spacial score (nSPS) is 15.5. The van der Waals surface area contributed by atoms with Gasteiger partial charge in [0.1, 0.15) is 30.8 Å². The van der Waals surface area contributed by atoms with Crippen LogP contribution < -0.4 is 16.0 Å². The molecule has 22 nitrogen and oxygen atoms in total. The minimum Gasteiger partial charge on any atom is -0.444 e. The van der Waals surface area contributed by atoms with Crippen LogP contribution in [0.15, 0.2) is 95.2 Å². The molecule has 0 saturated heterocycles. The fourth-order valence-corrected chi connectivity index (χ4v) is 9.23. The molecule has 0 fully saturated rings. The molecule has 0 spiro atoms. The van der Waals surface area contributed by atoms with E-state index in [1.54, 1.807) is 39.2 Å². The first-order valence-electron chi connectivity index (χ1n) is 26.3. The summed E-state index contributed by atoms with van der Waals surface area (Å²) in [6.07, 6.45) is 14.7. The Labute approximate surface area is 470 Å². The van der Waals surface area contributed by atoms with Gasteiger partial charge >= 0.3 is 6.09 Å². The molecule has 0 bridgehead atoms. The number of anilines is 4. The summed E-state index contributed by atoms with van der Waals surface area (Å²) < 4.78 is 20.2. The highest BCUT2D eigenvalue weighted by molar-refractivity contribution is 5.93. The number of benzene rings is 2. The van der Waals surface area contributed by atoms with Gasteiger partial charge in [-0.05, 0) is 86.4 Å². The van der Waals surface area contributed by atoms with Crippen molar-refractivity contribution in [2.45, 2.75) is 129 Å². The van der Waals surface area contributed by atoms with Crippen LogP contribution in [0.5, 0.6) is 0 Å². The van der Waals surface area contributed by atoms with Crippen LogP contribution in [0, 0.1) is 0 Å². The number of halogens is 1. The molecule has 0 radical (unpaired) electrons. The Bertz CT molecular complexity index is 3470. The molecule has 80 heavy (non-hydrogen) atoms. The Balaban J connectivity index is 0.000000211. The second-order valence-electron chi connectivity index (χ2n) is 23.0. The highest BCUT2D eigenvalue weighted by atomic mass is 35.5. The van der Waals surface area contributed by atoms with Crippen molar-refractivity contribution >= 4 is 53.3 Å². The van der Waals surface area contributed by atoms with Crippen molar-refractivity contribution in [1.82, 2.24) is 69.6 Å². The van der Waals surface area contributed by atoms with E-state index in [-0.39, 0.29) is 64.8 Å². The standard InChI is InChI=1S/C31H38N8O4.C26H30N8O2.ClH/c1-30(2,3)25-17-42-27(36-25)24(40)13-19-10-11-39(29(41)43-31(4,5)6)15-21-12-20(8-9-23(19)21)26-32-18-33-28(37-26)35-22-14-34-38(7)16-22;1-26(2,3)22-14-36-24(32-22)21(35)10-16-7-8-27-11-18-9-17(5-6-20(16)18)23-28-15-29-25(33-23)31-19-12-30-34(4)13-19;/h8-9,12,14,16-19H,10-11,13,15H2,1-7H3,(H,32,33,35,37);5-6,9,12-16,27H,7-8,10-11H2,1-4H3,(H,28,29,31,33);1H/t19-;16-;/m00./s1. The average Bonchev–Trinajstić information content (AvgIpc) is 4.27. The van der Waals surface area contributed by atoms with Crippen LogP contribution in [0.25, 0.3) is 22.8 Å². The van der Waals surface area contributed by atoms with E-state index in [1.807, 2.05) is 113 Å². The monoisotopic (exact) mass is 1110 g/mol. The number of aryl methyl sites for hydroxylation is 2. The third kappa shape index (κ3) is 14.5. The summed E-state index contributed by atoms with van der Waals surface area (Å²) in [5, 5.41) is 18.1. The van der Waals surface area contributed by atoms with Gasteiger partial charge in [-0.1, -0.05) is 65.8 Å². The fourth-order valence-electron chi connectivity index (χ4n) is 9.23. The van der Waals surface area contributed by atoms with Crippen molar-refractivity contribution in [2.24, 2.45) is 14.1 Å². The summed E-state index contributed by atoms with van der Waals surface area (Å²) in [6.45, 7) is 20.0. The second kappa shape index (κ2) is 24.0. The summed E-state index contributed by atoms with van der Waals surface area (Å²) in [5.41, 5.74) is 7.84. The van der Waals surface area contributed by atoms with Crippen LogP contribution in [0.4, 0.5) is 28.1 Å². The van der Waals surface area contributed by atoms with E-state index in [0.29, 0.717) is 56.0 Å². The smallest absolute Gasteiger partial charge is 0.410 e. The fraction of sp³-hybridized carbons (Fsp3) is 0.421. The van der Waals surface area contributed by atoms with Gasteiger partial charge in [-0.15, -0.1) is 12.4 Å². The van der Waals surface area contributed by atoms with Gasteiger partial charge in [-0.25, -0.2) is 34.7 Å². The highest BCUT2D eigenvalue weighted by Gasteiger charge is 2.32. The Kier molecular flexibility index (Phi) is 17.4. The first kappa shape index (κ1) is 57.9. The van der Waals surface area contributed by atoms with E-state index in [9.17, 15) is 14.4 Å². The molecular weight excluding hydrogens is 1040 g/mol. The number of hydrogen-bond acceptors (Lipinski definition) is 19. The number of ether oxygens (including phenoxy) is 1. The molecule has 8 aromatic rings. The lowest BCUT2D eigenvalue weighted by Gasteiger charge is -2.26. The number of carbonyl (C=O) groups is 3. The van der Waals surface area contributed by atoms with E-state index in [0.717, 1.165) is 69.1 Å². The first-order valence-corrected chi connectivity index (χ1v) is 26.3. The summed E-state index contributed by atoms with van der Waals surface area (Å²) in [6, 6.07) is 12.1. The molecular formula is C57H69ClN16O6. The van der Waals surface area contributed by atoms with Gasteiger partial charge < -0.3 is 34.4 Å². The number of amides is 1. The van der Waals surface area contributed by atoms with Crippen molar-refractivity contribution < 1.29 is 28.0 Å². The number of hydrogen-bond donors (Lipinski definition) is 3. The quantitative estimate of drug-likeness (QED) is 0.0960. The lowest BCUT2D eigenvalue weighted by molar-refractivity contribution is 0.0234. The number of ketones is 2. The maximum atomic E-state index is 13.4.